The lowest BCUT2D eigenvalue weighted by molar-refractivity contribution is 0.476. The van der Waals surface area contributed by atoms with E-state index in [0.717, 1.165) is 5.69 Å². The lowest BCUT2D eigenvalue weighted by atomic mass is 10.2. The second kappa shape index (κ2) is 6.15. The molecular weight excluding hydrogens is 307 g/mol. The van der Waals surface area contributed by atoms with E-state index >= 15 is 0 Å². The summed E-state index contributed by atoms with van der Waals surface area (Å²) in [4.78, 5) is 0. The number of nitrogens with one attached hydrogen (secondary N) is 1. The zero-order valence-corrected chi connectivity index (χ0v) is 11.8. The Bertz CT molecular complexity index is 589. The molecule has 0 saturated carbocycles. The third-order valence-electron chi connectivity index (χ3n) is 2.29. The Morgan fingerprint density at radius 2 is 1.58 bits per heavy atom. The summed E-state index contributed by atoms with van der Waals surface area (Å²) < 4.78 is 0. The minimum absolute atomic E-state index is 0.133. The number of anilines is 1. The van der Waals surface area contributed by atoms with Gasteiger partial charge in [-0.2, -0.15) is 5.10 Å². The number of phenols is 1. The first-order chi connectivity index (χ1) is 9.06. The maximum Gasteiger partial charge on any atom is 0.152 e. The Morgan fingerprint density at radius 1 is 1.00 bits per heavy atom. The fraction of sp³-hybridized carbons (Fsp3) is 0. The highest BCUT2D eigenvalue weighted by Gasteiger charge is 2.05. The number of hydrogen-bond acceptors (Lipinski definition) is 3. The molecule has 0 bridgehead atoms. The first-order valence-electron chi connectivity index (χ1n) is 5.29. The van der Waals surface area contributed by atoms with E-state index in [9.17, 15) is 5.11 Å². The molecule has 0 radical (unpaired) electrons. The van der Waals surface area contributed by atoms with Gasteiger partial charge >= 0.3 is 0 Å². The van der Waals surface area contributed by atoms with E-state index in [1.807, 2.05) is 0 Å². The lowest BCUT2D eigenvalue weighted by Gasteiger charge is -2.02. The van der Waals surface area contributed by atoms with Gasteiger partial charge in [-0.25, -0.2) is 0 Å². The largest absolute Gasteiger partial charge is 0.505 e. The van der Waals surface area contributed by atoms with E-state index in [-0.39, 0.29) is 15.8 Å². The van der Waals surface area contributed by atoms with Crippen LogP contribution in [0.15, 0.2) is 41.5 Å². The zero-order chi connectivity index (χ0) is 13.8. The second-order valence-electron chi connectivity index (χ2n) is 3.71. The molecule has 0 aliphatic heterocycles. The van der Waals surface area contributed by atoms with E-state index in [1.54, 1.807) is 42.6 Å². The van der Waals surface area contributed by atoms with Crippen molar-refractivity contribution in [2.75, 3.05) is 5.43 Å². The molecule has 0 spiro atoms. The Labute approximate surface area is 125 Å². The number of phenolic OH excluding ortho intramolecular Hbond substituents is 1. The smallest absolute Gasteiger partial charge is 0.152 e. The highest BCUT2D eigenvalue weighted by Crippen LogP contribution is 2.32. The normalized spacial score (nSPS) is 10.9. The molecule has 0 aliphatic rings. The highest BCUT2D eigenvalue weighted by atomic mass is 35.5. The van der Waals surface area contributed by atoms with Crippen LogP contribution in [0.25, 0.3) is 0 Å². The van der Waals surface area contributed by atoms with E-state index in [0.29, 0.717) is 10.6 Å². The van der Waals surface area contributed by atoms with Crippen molar-refractivity contribution in [3.8, 4) is 5.75 Å². The minimum Gasteiger partial charge on any atom is -0.505 e. The summed E-state index contributed by atoms with van der Waals surface area (Å²) in [5.74, 6) is -0.133. The Morgan fingerprint density at radius 3 is 2.16 bits per heavy atom. The van der Waals surface area contributed by atoms with Gasteiger partial charge in [0, 0.05) is 5.02 Å². The van der Waals surface area contributed by atoms with Crippen LogP contribution in [-0.2, 0) is 0 Å². The standard InChI is InChI=1S/C13H9Cl3N2O/c14-9-1-3-10(4-2-9)18-17-7-8-5-11(15)13(19)12(16)6-8/h1-7,18-19H/b17-7+. The van der Waals surface area contributed by atoms with Crippen molar-refractivity contribution in [3.05, 3.63) is 57.0 Å². The van der Waals surface area contributed by atoms with Crippen LogP contribution >= 0.6 is 34.8 Å². The summed E-state index contributed by atoms with van der Waals surface area (Å²) in [7, 11) is 0. The fourth-order valence-electron chi connectivity index (χ4n) is 1.37. The molecular formula is C13H9Cl3N2O. The van der Waals surface area contributed by atoms with Crippen LogP contribution in [0.5, 0.6) is 5.75 Å². The molecule has 2 N–H and O–H groups in total. The second-order valence-corrected chi connectivity index (χ2v) is 4.96. The number of halogens is 3. The van der Waals surface area contributed by atoms with E-state index in [1.165, 1.54) is 0 Å². The van der Waals surface area contributed by atoms with Crippen molar-refractivity contribution in [2.45, 2.75) is 0 Å². The summed E-state index contributed by atoms with van der Waals surface area (Å²) in [6.07, 6.45) is 1.55. The van der Waals surface area contributed by atoms with E-state index < -0.39 is 0 Å². The number of hydrogen-bond donors (Lipinski definition) is 2. The van der Waals surface area contributed by atoms with Gasteiger partial charge in [-0.3, -0.25) is 5.43 Å². The van der Waals surface area contributed by atoms with Gasteiger partial charge in [0.15, 0.2) is 5.75 Å². The summed E-state index contributed by atoms with van der Waals surface area (Å²) >= 11 is 17.4. The molecule has 6 heteroatoms. The van der Waals surface area contributed by atoms with Gasteiger partial charge in [0.05, 0.1) is 21.9 Å². The van der Waals surface area contributed by atoms with Crippen molar-refractivity contribution >= 4 is 46.7 Å². The third kappa shape index (κ3) is 3.77. The first kappa shape index (κ1) is 14.0. The van der Waals surface area contributed by atoms with Crippen LogP contribution in [0.1, 0.15) is 5.56 Å². The van der Waals surface area contributed by atoms with Gasteiger partial charge in [0.2, 0.25) is 0 Å². The summed E-state index contributed by atoms with van der Waals surface area (Å²) in [5, 5.41) is 14.5. The SMILES string of the molecule is Oc1c(Cl)cc(/C=N/Nc2ccc(Cl)cc2)cc1Cl. The number of benzene rings is 2. The van der Waals surface area contributed by atoms with E-state index in [4.69, 9.17) is 34.8 Å². The van der Waals surface area contributed by atoms with Crippen molar-refractivity contribution in [2.24, 2.45) is 5.10 Å². The molecule has 2 rings (SSSR count). The Kier molecular flexibility index (Phi) is 4.53. The molecule has 0 saturated heterocycles. The van der Waals surface area contributed by atoms with Crippen molar-refractivity contribution in [1.29, 1.82) is 0 Å². The maximum atomic E-state index is 9.42. The molecule has 0 amide bonds. The molecule has 2 aromatic rings. The third-order valence-corrected chi connectivity index (χ3v) is 3.12. The maximum absolute atomic E-state index is 9.42. The summed E-state index contributed by atoms with van der Waals surface area (Å²) in [5.41, 5.74) is 4.31. The van der Waals surface area contributed by atoms with Crippen LogP contribution in [0, 0.1) is 0 Å². The first-order valence-corrected chi connectivity index (χ1v) is 6.42. The molecule has 3 nitrogen and oxygen atoms in total. The molecule has 0 fully saturated rings. The molecule has 2 aromatic carbocycles. The lowest BCUT2D eigenvalue weighted by Crippen LogP contribution is -1.90. The average molecular weight is 316 g/mol. The van der Waals surface area contributed by atoms with Crippen LogP contribution in [0.3, 0.4) is 0 Å². The van der Waals surface area contributed by atoms with Gasteiger partial charge in [0.1, 0.15) is 0 Å². The van der Waals surface area contributed by atoms with Crippen LogP contribution in [-0.4, -0.2) is 11.3 Å². The predicted molar refractivity (Wildman–Crippen MR) is 80.8 cm³/mol. The number of nitrogens with zero attached hydrogens (tertiary/aromatic N) is 1. The quantitative estimate of drug-likeness (QED) is 0.631. The van der Waals surface area contributed by atoms with Gasteiger partial charge in [0.25, 0.3) is 0 Å². The monoisotopic (exact) mass is 314 g/mol. The topological polar surface area (TPSA) is 44.6 Å². The molecule has 0 unspecified atom stereocenters. The minimum atomic E-state index is -0.133. The average Bonchev–Trinajstić information content (AvgIpc) is 2.38. The molecule has 0 aromatic heterocycles. The van der Waals surface area contributed by atoms with Crippen molar-refractivity contribution in [3.63, 3.8) is 0 Å². The molecule has 19 heavy (non-hydrogen) atoms. The highest BCUT2D eigenvalue weighted by molar-refractivity contribution is 6.37. The summed E-state index contributed by atoms with van der Waals surface area (Å²) in [6, 6.07) is 10.2. The molecule has 0 atom stereocenters. The van der Waals surface area contributed by atoms with Gasteiger partial charge in [-0.1, -0.05) is 34.8 Å². The molecule has 0 aliphatic carbocycles. The summed E-state index contributed by atoms with van der Waals surface area (Å²) in [6.45, 7) is 0. The zero-order valence-electron chi connectivity index (χ0n) is 9.57. The Balaban J connectivity index is 2.09. The van der Waals surface area contributed by atoms with Crippen LogP contribution < -0.4 is 5.43 Å². The van der Waals surface area contributed by atoms with Gasteiger partial charge < -0.3 is 5.11 Å². The number of aromatic hydroxyl groups is 1. The molecule has 0 heterocycles. The Hall–Kier alpha value is -1.42. The van der Waals surface area contributed by atoms with Crippen molar-refractivity contribution < 1.29 is 5.11 Å². The van der Waals surface area contributed by atoms with E-state index in [2.05, 4.69) is 10.5 Å². The van der Waals surface area contributed by atoms with Crippen molar-refractivity contribution in [1.82, 2.24) is 0 Å². The number of rotatable bonds is 3. The molecule has 98 valence electrons. The van der Waals surface area contributed by atoms with Gasteiger partial charge in [-0.15, -0.1) is 0 Å². The van der Waals surface area contributed by atoms with Crippen LogP contribution in [0.4, 0.5) is 5.69 Å². The van der Waals surface area contributed by atoms with Gasteiger partial charge in [-0.05, 0) is 42.0 Å². The van der Waals surface area contributed by atoms with Crippen LogP contribution in [0.2, 0.25) is 15.1 Å². The fourth-order valence-corrected chi connectivity index (χ4v) is 2.00. The number of hydrazone groups is 1. The predicted octanol–water partition coefficient (Wildman–Crippen LogP) is 4.80.